The third kappa shape index (κ3) is 5.75. The zero-order valence-electron chi connectivity index (χ0n) is 17.2. The lowest BCUT2D eigenvalue weighted by atomic mass is 10.1. The first kappa shape index (κ1) is 21.8. The molecule has 0 bridgehead atoms. The van der Waals surface area contributed by atoms with Crippen molar-refractivity contribution in [3.05, 3.63) is 46.0 Å². The van der Waals surface area contributed by atoms with E-state index in [4.69, 9.17) is 10.00 Å². The molecular formula is C21H24N4O4. The third-order valence-corrected chi connectivity index (χ3v) is 3.93. The molecule has 0 fully saturated rings. The molecule has 8 nitrogen and oxygen atoms in total. The molecule has 152 valence electrons. The van der Waals surface area contributed by atoms with Crippen LogP contribution in [0.2, 0.25) is 0 Å². The fourth-order valence-corrected chi connectivity index (χ4v) is 2.63. The van der Waals surface area contributed by atoms with Gasteiger partial charge in [0.2, 0.25) is 5.91 Å². The van der Waals surface area contributed by atoms with Crippen LogP contribution in [0.15, 0.2) is 29.1 Å². The molecule has 0 aliphatic rings. The lowest BCUT2D eigenvalue weighted by Gasteiger charge is -2.20. The number of esters is 1. The molecule has 0 aliphatic carbocycles. The van der Waals surface area contributed by atoms with Crippen LogP contribution in [0.25, 0.3) is 11.3 Å². The van der Waals surface area contributed by atoms with E-state index >= 15 is 0 Å². The largest absolute Gasteiger partial charge is 0.459 e. The highest BCUT2D eigenvalue weighted by Gasteiger charge is 2.19. The molecule has 0 saturated carbocycles. The zero-order chi connectivity index (χ0) is 21.8. The number of carbonyl (C=O) groups is 2. The molecule has 0 saturated heterocycles. The van der Waals surface area contributed by atoms with Gasteiger partial charge in [0.15, 0.2) is 0 Å². The number of carbonyl (C=O) groups excluding carboxylic acids is 2. The Hall–Kier alpha value is -3.47. The van der Waals surface area contributed by atoms with Gasteiger partial charge < -0.3 is 10.1 Å². The number of amides is 1. The number of aryl methyl sites for hydroxylation is 1. The first-order valence-electron chi connectivity index (χ1n) is 9.18. The van der Waals surface area contributed by atoms with E-state index in [1.807, 2.05) is 6.07 Å². The molecule has 0 spiro atoms. The van der Waals surface area contributed by atoms with Crippen LogP contribution in [0, 0.1) is 18.3 Å². The molecule has 0 radical (unpaired) electrons. The van der Waals surface area contributed by atoms with Crippen molar-refractivity contribution >= 4 is 17.6 Å². The Morgan fingerprint density at radius 1 is 1.28 bits per heavy atom. The molecule has 29 heavy (non-hydrogen) atoms. The number of ether oxygens (including phenoxy) is 1. The van der Waals surface area contributed by atoms with Crippen molar-refractivity contribution in [2.45, 2.75) is 53.2 Å². The van der Waals surface area contributed by atoms with Crippen molar-refractivity contribution in [2.24, 2.45) is 0 Å². The fraction of sp³-hybridized carbons (Fsp3) is 0.381. The molecular weight excluding hydrogens is 372 g/mol. The minimum Gasteiger partial charge on any atom is -0.459 e. The topological polar surface area (TPSA) is 114 Å². The summed E-state index contributed by atoms with van der Waals surface area (Å²) in [6, 6.07) is 8.06. The minimum atomic E-state index is -0.656. The number of nitrogens with one attached hydrogen (secondary N) is 1. The van der Waals surface area contributed by atoms with Gasteiger partial charge in [-0.2, -0.15) is 5.26 Å². The van der Waals surface area contributed by atoms with E-state index in [1.54, 1.807) is 46.8 Å². The zero-order valence-corrected chi connectivity index (χ0v) is 17.2. The van der Waals surface area contributed by atoms with E-state index in [1.165, 1.54) is 16.7 Å². The van der Waals surface area contributed by atoms with E-state index in [9.17, 15) is 14.4 Å². The first-order chi connectivity index (χ1) is 13.5. The molecule has 0 atom stereocenters. The summed E-state index contributed by atoms with van der Waals surface area (Å²) in [4.78, 5) is 41.0. The van der Waals surface area contributed by atoms with Gasteiger partial charge in [-0.1, -0.05) is 6.92 Å². The van der Waals surface area contributed by atoms with Gasteiger partial charge in [-0.15, -0.1) is 0 Å². The number of hydrogen-bond acceptors (Lipinski definition) is 6. The van der Waals surface area contributed by atoms with Crippen molar-refractivity contribution in [3.8, 4) is 17.3 Å². The summed E-state index contributed by atoms with van der Waals surface area (Å²) in [5, 5.41) is 11.9. The van der Waals surface area contributed by atoms with Gasteiger partial charge >= 0.3 is 5.97 Å². The lowest BCUT2D eigenvalue weighted by Crippen LogP contribution is -2.32. The maximum atomic E-state index is 12.6. The van der Waals surface area contributed by atoms with Gasteiger partial charge in [0, 0.05) is 18.1 Å². The highest BCUT2D eigenvalue weighted by atomic mass is 16.6. The van der Waals surface area contributed by atoms with E-state index in [-0.39, 0.29) is 18.9 Å². The van der Waals surface area contributed by atoms with Gasteiger partial charge in [0.1, 0.15) is 18.0 Å². The number of nitriles is 1. The standard InChI is InChI=1S/C21H24N4O4/c1-6-18(26)24-16-9-14(11-22)7-8-15(16)17-10-19(27)25(13(2)23-17)12-20(28)29-21(3,4)5/h7-10H,6,12H2,1-5H3,(H,24,26). The van der Waals surface area contributed by atoms with Crippen LogP contribution in [0.5, 0.6) is 0 Å². The Morgan fingerprint density at radius 3 is 2.52 bits per heavy atom. The van der Waals surface area contributed by atoms with Crippen molar-refractivity contribution in [1.82, 2.24) is 9.55 Å². The summed E-state index contributed by atoms with van der Waals surface area (Å²) in [7, 11) is 0. The van der Waals surface area contributed by atoms with Gasteiger partial charge in [-0.05, 0) is 45.9 Å². The predicted octanol–water partition coefficient (Wildman–Crippen LogP) is 2.78. The highest BCUT2D eigenvalue weighted by molar-refractivity contribution is 5.95. The van der Waals surface area contributed by atoms with Gasteiger partial charge in [-0.25, -0.2) is 4.98 Å². The molecule has 1 aromatic heterocycles. The van der Waals surface area contributed by atoms with Crippen molar-refractivity contribution in [2.75, 3.05) is 5.32 Å². The summed E-state index contributed by atoms with van der Waals surface area (Å²) in [5.41, 5.74) is 0.536. The molecule has 0 unspecified atom stereocenters. The summed E-state index contributed by atoms with van der Waals surface area (Å²) < 4.78 is 6.49. The molecule has 1 heterocycles. The molecule has 2 aromatic rings. The number of aromatic nitrogens is 2. The molecule has 1 amide bonds. The fourth-order valence-electron chi connectivity index (χ4n) is 2.63. The van der Waals surface area contributed by atoms with Crippen molar-refractivity contribution in [3.63, 3.8) is 0 Å². The maximum absolute atomic E-state index is 12.6. The van der Waals surface area contributed by atoms with Gasteiger partial charge in [0.05, 0.1) is 23.0 Å². The van der Waals surface area contributed by atoms with Gasteiger partial charge in [0.25, 0.3) is 5.56 Å². The van der Waals surface area contributed by atoms with Crippen LogP contribution in [-0.2, 0) is 20.9 Å². The number of nitrogens with zero attached hydrogens (tertiary/aromatic N) is 3. The Labute approximate surface area is 169 Å². The second-order valence-electron chi connectivity index (χ2n) is 7.47. The number of anilines is 1. The Balaban J connectivity index is 2.45. The second kappa shape index (κ2) is 8.69. The van der Waals surface area contributed by atoms with Crippen LogP contribution in [0.1, 0.15) is 45.5 Å². The van der Waals surface area contributed by atoms with Crippen LogP contribution in [-0.4, -0.2) is 27.0 Å². The Morgan fingerprint density at radius 2 is 1.97 bits per heavy atom. The Kier molecular flexibility index (Phi) is 6.54. The van der Waals surface area contributed by atoms with Crippen molar-refractivity contribution in [1.29, 1.82) is 5.26 Å². The second-order valence-corrected chi connectivity index (χ2v) is 7.47. The van der Waals surface area contributed by atoms with Crippen LogP contribution in [0.4, 0.5) is 5.69 Å². The summed E-state index contributed by atoms with van der Waals surface area (Å²) in [5.74, 6) is -0.432. The maximum Gasteiger partial charge on any atom is 0.326 e. The molecule has 1 N–H and O–H groups in total. The SMILES string of the molecule is CCC(=O)Nc1cc(C#N)ccc1-c1cc(=O)n(CC(=O)OC(C)(C)C)c(C)n1. The Bertz CT molecular complexity index is 1040. The first-order valence-corrected chi connectivity index (χ1v) is 9.18. The highest BCUT2D eigenvalue weighted by Crippen LogP contribution is 2.27. The van der Waals surface area contributed by atoms with E-state index < -0.39 is 17.1 Å². The van der Waals surface area contributed by atoms with Crippen LogP contribution in [0.3, 0.4) is 0 Å². The summed E-state index contributed by atoms with van der Waals surface area (Å²) in [6.07, 6.45) is 0.264. The number of rotatable bonds is 5. The van der Waals surface area contributed by atoms with E-state index in [0.29, 0.717) is 28.3 Å². The van der Waals surface area contributed by atoms with Crippen LogP contribution < -0.4 is 10.9 Å². The van der Waals surface area contributed by atoms with E-state index in [2.05, 4.69) is 10.3 Å². The van der Waals surface area contributed by atoms with Crippen LogP contribution >= 0.6 is 0 Å². The average Bonchev–Trinajstić information content (AvgIpc) is 2.62. The average molecular weight is 396 g/mol. The smallest absolute Gasteiger partial charge is 0.326 e. The predicted molar refractivity (Wildman–Crippen MR) is 108 cm³/mol. The van der Waals surface area contributed by atoms with E-state index in [0.717, 1.165) is 0 Å². The normalized spacial score (nSPS) is 10.9. The quantitative estimate of drug-likeness (QED) is 0.777. The van der Waals surface area contributed by atoms with Crippen molar-refractivity contribution < 1.29 is 14.3 Å². The summed E-state index contributed by atoms with van der Waals surface area (Å²) in [6.45, 7) is 8.32. The summed E-state index contributed by atoms with van der Waals surface area (Å²) >= 11 is 0. The third-order valence-electron chi connectivity index (χ3n) is 3.93. The minimum absolute atomic E-state index is 0.226. The molecule has 1 aromatic carbocycles. The van der Waals surface area contributed by atoms with Gasteiger partial charge in [-0.3, -0.25) is 19.0 Å². The monoisotopic (exact) mass is 396 g/mol. The molecule has 2 rings (SSSR count). The molecule has 0 aliphatic heterocycles. The number of benzene rings is 1. The lowest BCUT2D eigenvalue weighted by molar-refractivity contribution is -0.155. The number of hydrogen-bond donors (Lipinski definition) is 1. The molecule has 8 heteroatoms.